The summed E-state index contributed by atoms with van der Waals surface area (Å²) in [5.41, 5.74) is 0. The summed E-state index contributed by atoms with van der Waals surface area (Å²) in [6, 6.07) is 0.0615. The number of aryl methyl sites for hydroxylation is 1. The number of urea groups is 1. The molecule has 0 unspecified atom stereocenters. The highest BCUT2D eigenvalue weighted by molar-refractivity contribution is 5.74. The van der Waals surface area contributed by atoms with Gasteiger partial charge in [0.05, 0.1) is 0 Å². The van der Waals surface area contributed by atoms with E-state index in [4.69, 9.17) is 4.74 Å². The second-order valence-corrected chi connectivity index (χ2v) is 5.95. The van der Waals surface area contributed by atoms with Crippen LogP contribution in [-0.2, 0) is 11.2 Å². The van der Waals surface area contributed by atoms with Gasteiger partial charge in [-0.25, -0.2) is 4.79 Å². The van der Waals surface area contributed by atoms with Gasteiger partial charge in [0.25, 0.3) is 0 Å². The number of ether oxygens (including phenoxy) is 1. The van der Waals surface area contributed by atoms with Crippen LogP contribution in [0.5, 0.6) is 0 Å². The predicted octanol–water partition coefficient (Wildman–Crippen LogP) is 0.804. The van der Waals surface area contributed by atoms with Gasteiger partial charge in [0.15, 0.2) is 11.6 Å². The first-order valence-corrected chi connectivity index (χ1v) is 7.99. The van der Waals surface area contributed by atoms with Crippen LogP contribution >= 0.6 is 0 Å². The molecule has 22 heavy (non-hydrogen) atoms. The van der Waals surface area contributed by atoms with Gasteiger partial charge in [0.2, 0.25) is 0 Å². The minimum atomic E-state index is -0.143. The van der Waals surface area contributed by atoms with Crippen molar-refractivity contribution in [3.8, 4) is 0 Å². The van der Waals surface area contributed by atoms with Gasteiger partial charge >= 0.3 is 6.03 Å². The van der Waals surface area contributed by atoms with Crippen molar-refractivity contribution < 1.29 is 14.7 Å². The first-order valence-electron chi connectivity index (χ1n) is 7.99. The van der Waals surface area contributed by atoms with Gasteiger partial charge in [0, 0.05) is 38.1 Å². The number of hydrogen-bond acceptors (Lipinski definition) is 5. The molecule has 2 aliphatic rings. The lowest BCUT2D eigenvalue weighted by atomic mass is 10.1. The Morgan fingerprint density at radius 2 is 2.05 bits per heavy atom. The molecule has 2 amide bonds. The zero-order valence-electron chi connectivity index (χ0n) is 12.6. The number of nitrogens with one attached hydrogen (secondary N) is 2. The second kappa shape index (κ2) is 6.95. The van der Waals surface area contributed by atoms with Crippen molar-refractivity contribution in [2.75, 3.05) is 19.8 Å². The maximum atomic E-state index is 11.7. The number of amides is 2. The first kappa shape index (κ1) is 15.1. The van der Waals surface area contributed by atoms with Crippen molar-refractivity contribution >= 4 is 6.03 Å². The monoisotopic (exact) mass is 309 g/mol. The van der Waals surface area contributed by atoms with Crippen molar-refractivity contribution in [3.05, 3.63) is 11.6 Å². The van der Waals surface area contributed by atoms with Crippen molar-refractivity contribution in [3.63, 3.8) is 0 Å². The van der Waals surface area contributed by atoms with E-state index < -0.39 is 0 Å². The lowest BCUT2D eigenvalue weighted by molar-refractivity contribution is 0.0801. The Balaban J connectivity index is 1.33. The van der Waals surface area contributed by atoms with Gasteiger partial charge in [0.1, 0.15) is 0 Å². The molecule has 0 radical (unpaired) electrons. The summed E-state index contributed by atoms with van der Waals surface area (Å²) in [5, 5.41) is 23.7. The number of aromatic nitrogens is 3. The molecule has 3 rings (SSSR count). The Morgan fingerprint density at radius 1 is 1.27 bits per heavy atom. The summed E-state index contributed by atoms with van der Waals surface area (Å²) in [5.74, 6) is 1.60. The molecule has 8 nitrogen and oxygen atoms in total. The molecule has 3 N–H and O–H groups in total. The molecule has 0 spiro atoms. The SMILES string of the molecule is O=C(NCCCc1nnc(C2CC2)n1O)NC1CCOCC1. The largest absolute Gasteiger partial charge is 0.425 e. The van der Waals surface area contributed by atoms with Crippen LogP contribution in [0, 0.1) is 0 Å². The molecular formula is C14H23N5O3. The number of rotatable bonds is 6. The van der Waals surface area contributed by atoms with E-state index in [1.807, 2.05) is 0 Å². The first-order chi connectivity index (χ1) is 10.7. The quantitative estimate of drug-likeness (QED) is 0.533. The Morgan fingerprint density at radius 3 is 2.77 bits per heavy atom. The van der Waals surface area contributed by atoms with Crippen molar-refractivity contribution in [2.24, 2.45) is 0 Å². The summed E-state index contributed by atoms with van der Waals surface area (Å²) in [4.78, 5) is 11.7. The van der Waals surface area contributed by atoms with Gasteiger partial charge in [-0.2, -0.15) is 4.73 Å². The van der Waals surface area contributed by atoms with Crippen LogP contribution in [0.15, 0.2) is 0 Å². The molecule has 1 aliphatic carbocycles. The van der Waals surface area contributed by atoms with Gasteiger partial charge in [-0.1, -0.05) is 0 Å². The van der Waals surface area contributed by atoms with E-state index >= 15 is 0 Å². The van der Waals surface area contributed by atoms with Gasteiger partial charge in [-0.15, -0.1) is 10.2 Å². The lowest BCUT2D eigenvalue weighted by Gasteiger charge is -2.23. The molecule has 2 heterocycles. The van der Waals surface area contributed by atoms with Gasteiger partial charge in [-0.05, 0) is 32.1 Å². The molecule has 8 heteroatoms. The van der Waals surface area contributed by atoms with Gasteiger partial charge < -0.3 is 20.6 Å². The second-order valence-electron chi connectivity index (χ2n) is 5.95. The number of nitrogens with zero attached hydrogens (tertiary/aromatic N) is 3. The summed E-state index contributed by atoms with van der Waals surface area (Å²) >= 11 is 0. The predicted molar refractivity (Wildman–Crippen MR) is 77.9 cm³/mol. The zero-order valence-corrected chi connectivity index (χ0v) is 12.6. The molecule has 1 aliphatic heterocycles. The fraction of sp³-hybridized carbons (Fsp3) is 0.786. The van der Waals surface area contributed by atoms with Crippen molar-refractivity contribution in [1.82, 2.24) is 25.6 Å². The Labute approximate surface area is 129 Å². The fourth-order valence-electron chi connectivity index (χ4n) is 2.60. The van der Waals surface area contributed by atoms with E-state index in [9.17, 15) is 10.0 Å². The molecule has 1 aromatic rings. The third-order valence-electron chi connectivity index (χ3n) is 4.09. The van der Waals surface area contributed by atoms with E-state index in [-0.39, 0.29) is 12.1 Å². The highest BCUT2D eigenvalue weighted by atomic mass is 16.5. The molecule has 122 valence electrons. The number of hydrogen-bond donors (Lipinski definition) is 3. The van der Waals surface area contributed by atoms with Crippen LogP contribution in [0.3, 0.4) is 0 Å². The van der Waals surface area contributed by atoms with Crippen LogP contribution in [0.2, 0.25) is 0 Å². The third-order valence-corrected chi connectivity index (χ3v) is 4.09. The molecule has 1 aromatic heterocycles. The van der Waals surface area contributed by atoms with E-state index in [2.05, 4.69) is 20.8 Å². The molecule has 0 aromatic carbocycles. The fourth-order valence-corrected chi connectivity index (χ4v) is 2.60. The minimum Gasteiger partial charge on any atom is -0.425 e. The van der Waals surface area contributed by atoms with Crippen LogP contribution in [0.4, 0.5) is 4.79 Å². The van der Waals surface area contributed by atoms with Crippen LogP contribution in [0.1, 0.15) is 49.7 Å². The standard InChI is InChI=1S/C14H23N5O3/c20-14(16-11-5-8-22-9-6-11)15-7-1-2-12-17-18-13(19(12)21)10-3-4-10/h10-11,21H,1-9H2,(H2,15,16,20). The smallest absolute Gasteiger partial charge is 0.315 e. The molecular weight excluding hydrogens is 286 g/mol. The third kappa shape index (κ3) is 3.88. The number of carbonyl (C=O) groups excluding carboxylic acids is 1. The van der Waals surface area contributed by atoms with Crippen molar-refractivity contribution in [1.29, 1.82) is 0 Å². The van der Waals surface area contributed by atoms with E-state index in [0.29, 0.717) is 50.2 Å². The molecule has 0 bridgehead atoms. The average molecular weight is 309 g/mol. The molecule has 0 atom stereocenters. The summed E-state index contributed by atoms with van der Waals surface area (Å²) in [6.45, 7) is 1.96. The zero-order chi connectivity index (χ0) is 15.4. The van der Waals surface area contributed by atoms with Crippen molar-refractivity contribution in [2.45, 2.75) is 50.5 Å². The average Bonchev–Trinajstić information content (AvgIpc) is 3.29. The van der Waals surface area contributed by atoms with E-state index in [1.54, 1.807) is 0 Å². The Hall–Kier alpha value is -1.83. The topological polar surface area (TPSA) is 101 Å². The summed E-state index contributed by atoms with van der Waals surface area (Å²) in [7, 11) is 0. The maximum Gasteiger partial charge on any atom is 0.315 e. The number of carbonyl (C=O) groups is 1. The maximum absolute atomic E-state index is 11.7. The van der Waals surface area contributed by atoms with E-state index in [0.717, 1.165) is 30.4 Å². The highest BCUT2D eigenvalue weighted by Crippen LogP contribution is 2.38. The summed E-state index contributed by atoms with van der Waals surface area (Å²) in [6.07, 6.45) is 5.19. The Bertz CT molecular complexity index is 509. The van der Waals surface area contributed by atoms with E-state index in [1.165, 1.54) is 0 Å². The van der Waals surface area contributed by atoms with Crippen LogP contribution in [0.25, 0.3) is 0 Å². The molecule has 2 fully saturated rings. The summed E-state index contributed by atoms with van der Waals surface area (Å²) < 4.78 is 6.36. The molecule has 1 saturated carbocycles. The molecule has 1 saturated heterocycles. The van der Waals surface area contributed by atoms with Gasteiger partial charge in [-0.3, -0.25) is 0 Å². The minimum absolute atomic E-state index is 0.143. The lowest BCUT2D eigenvalue weighted by Crippen LogP contribution is -2.44. The highest BCUT2D eigenvalue weighted by Gasteiger charge is 2.30. The van der Waals surface area contributed by atoms with Crippen LogP contribution < -0.4 is 10.6 Å². The Kier molecular flexibility index (Phi) is 4.77. The normalized spacial score (nSPS) is 19.1. The van der Waals surface area contributed by atoms with Crippen LogP contribution in [-0.4, -0.2) is 52.0 Å².